The molecular formula is C22H24F2N6O2. The number of nitrogens with one attached hydrogen (secondary N) is 2. The van der Waals surface area contributed by atoms with Crippen LogP contribution in [-0.2, 0) is 17.6 Å². The van der Waals surface area contributed by atoms with Crippen molar-refractivity contribution in [2.75, 3.05) is 24.6 Å². The molecular weight excluding hydrogens is 418 g/mol. The number of benzene rings is 1. The molecule has 0 saturated heterocycles. The van der Waals surface area contributed by atoms with Crippen LogP contribution in [0.15, 0.2) is 35.3 Å². The first-order valence-electron chi connectivity index (χ1n) is 9.94. The minimum Gasteiger partial charge on any atom is -0.396 e. The number of aryl methyl sites for hydroxylation is 2. The minimum atomic E-state index is -0.533. The zero-order valence-electron chi connectivity index (χ0n) is 18.0. The third-order valence-electron chi connectivity index (χ3n) is 5.00. The highest BCUT2D eigenvalue weighted by atomic mass is 19.1. The summed E-state index contributed by atoms with van der Waals surface area (Å²) in [5.41, 5.74) is 7.83. The maximum absolute atomic E-state index is 13.8. The van der Waals surface area contributed by atoms with Crippen LogP contribution in [0.3, 0.4) is 0 Å². The molecule has 32 heavy (non-hydrogen) atoms. The van der Waals surface area contributed by atoms with E-state index in [1.165, 1.54) is 10.8 Å². The highest BCUT2D eigenvalue weighted by Crippen LogP contribution is 2.20. The highest BCUT2D eigenvalue weighted by molar-refractivity contribution is 5.79. The summed E-state index contributed by atoms with van der Waals surface area (Å²) in [6.45, 7) is 3.59. The predicted octanol–water partition coefficient (Wildman–Crippen LogP) is 2.05. The monoisotopic (exact) mass is 442 g/mol. The van der Waals surface area contributed by atoms with E-state index in [0.717, 1.165) is 18.2 Å². The van der Waals surface area contributed by atoms with E-state index in [-0.39, 0.29) is 48.2 Å². The van der Waals surface area contributed by atoms with E-state index >= 15 is 0 Å². The van der Waals surface area contributed by atoms with Crippen molar-refractivity contribution in [1.82, 2.24) is 19.9 Å². The van der Waals surface area contributed by atoms with Gasteiger partial charge in [0, 0.05) is 31.2 Å². The van der Waals surface area contributed by atoms with Crippen LogP contribution in [0.5, 0.6) is 0 Å². The molecule has 0 unspecified atom stereocenters. The number of carbonyl (C=O) groups excluding carboxylic acids is 1. The molecule has 168 valence electrons. The number of nitrogen functional groups attached to an aromatic ring is 1. The second-order valence-corrected chi connectivity index (χ2v) is 7.30. The second-order valence-electron chi connectivity index (χ2n) is 7.30. The van der Waals surface area contributed by atoms with Gasteiger partial charge in [0.2, 0.25) is 5.91 Å². The van der Waals surface area contributed by atoms with E-state index in [9.17, 15) is 18.4 Å². The van der Waals surface area contributed by atoms with E-state index in [4.69, 9.17) is 5.73 Å². The summed E-state index contributed by atoms with van der Waals surface area (Å²) < 4.78 is 28.5. The van der Waals surface area contributed by atoms with Crippen molar-refractivity contribution >= 4 is 17.4 Å². The van der Waals surface area contributed by atoms with E-state index < -0.39 is 17.2 Å². The Kier molecular flexibility index (Phi) is 6.82. The summed E-state index contributed by atoms with van der Waals surface area (Å²) in [6.07, 6.45) is 1.77. The normalized spacial score (nSPS) is 10.8. The first-order valence-corrected chi connectivity index (χ1v) is 9.94. The molecule has 1 amide bonds. The fourth-order valence-electron chi connectivity index (χ4n) is 3.24. The molecule has 0 radical (unpaired) electrons. The van der Waals surface area contributed by atoms with E-state index in [1.54, 1.807) is 27.0 Å². The predicted molar refractivity (Wildman–Crippen MR) is 118 cm³/mol. The molecule has 4 N–H and O–H groups in total. The lowest BCUT2D eigenvalue weighted by molar-refractivity contribution is -0.119. The van der Waals surface area contributed by atoms with E-state index in [2.05, 4.69) is 20.6 Å². The van der Waals surface area contributed by atoms with Crippen molar-refractivity contribution in [2.45, 2.75) is 26.7 Å². The quantitative estimate of drug-likeness (QED) is 0.516. The number of likely N-dealkylation sites (N-methyl/N-ethyl adjacent to an activating group) is 1. The number of halogens is 2. The molecule has 0 aliphatic carbocycles. The molecule has 8 nitrogen and oxygen atoms in total. The van der Waals surface area contributed by atoms with Gasteiger partial charge in [-0.1, -0.05) is 0 Å². The number of rotatable bonds is 7. The van der Waals surface area contributed by atoms with E-state index in [1.807, 2.05) is 0 Å². The number of carbonyl (C=O) groups is 1. The molecule has 3 rings (SSSR count). The molecule has 0 spiro atoms. The number of hydrogen-bond donors (Lipinski definition) is 3. The summed E-state index contributed by atoms with van der Waals surface area (Å²) in [4.78, 5) is 33.3. The van der Waals surface area contributed by atoms with Gasteiger partial charge in [0.15, 0.2) is 11.6 Å². The number of anilines is 2. The molecule has 3 aromatic rings. The van der Waals surface area contributed by atoms with Crippen molar-refractivity contribution in [3.8, 4) is 5.82 Å². The number of hydrogen-bond acceptors (Lipinski definition) is 6. The minimum absolute atomic E-state index is 0.0284. The standard InChI is InChI=1S/C22H24F2N6O2/c1-12-11-28-20(27-7-6-14-8-16(23)4-5-17(14)24)22(32)30(12)21-18(25)9-15(13(2)29-21)10-19(31)26-3/h4-5,8-9,11H,6-7,10,25H2,1-3H3,(H,26,31)(H,27,28). The Morgan fingerprint density at radius 1 is 1.19 bits per heavy atom. The number of nitrogens with zero attached hydrogens (tertiary/aromatic N) is 3. The molecule has 2 heterocycles. The van der Waals surface area contributed by atoms with Crippen LogP contribution in [0.2, 0.25) is 0 Å². The summed E-state index contributed by atoms with van der Waals surface area (Å²) in [5, 5.41) is 5.42. The molecule has 10 heteroatoms. The zero-order chi connectivity index (χ0) is 23.4. The first-order chi connectivity index (χ1) is 15.2. The molecule has 0 fully saturated rings. The Bertz CT molecular complexity index is 1230. The molecule has 2 aromatic heterocycles. The first kappa shape index (κ1) is 22.9. The maximum Gasteiger partial charge on any atom is 0.299 e. The lowest BCUT2D eigenvalue weighted by atomic mass is 10.1. The largest absolute Gasteiger partial charge is 0.396 e. The molecule has 0 bridgehead atoms. The molecule has 0 atom stereocenters. The number of pyridine rings is 1. The topological polar surface area (TPSA) is 115 Å². The van der Waals surface area contributed by atoms with Crippen LogP contribution >= 0.6 is 0 Å². The second kappa shape index (κ2) is 9.54. The van der Waals surface area contributed by atoms with Crippen LogP contribution in [0.1, 0.15) is 22.5 Å². The summed E-state index contributed by atoms with van der Waals surface area (Å²) in [7, 11) is 1.54. The molecule has 0 saturated carbocycles. The van der Waals surface area contributed by atoms with Gasteiger partial charge in [-0.05, 0) is 55.7 Å². The van der Waals surface area contributed by atoms with Gasteiger partial charge < -0.3 is 16.4 Å². The van der Waals surface area contributed by atoms with Gasteiger partial charge >= 0.3 is 0 Å². The average Bonchev–Trinajstić information content (AvgIpc) is 2.75. The van der Waals surface area contributed by atoms with Crippen LogP contribution in [-0.4, -0.2) is 34.0 Å². The van der Waals surface area contributed by atoms with Crippen LogP contribution < -0.4 is 21.9 Å². The third-order valence-corrected chi connectivity index (χ3v) is 5.00. The fourth-order valence-corrected chi connectivity index (χ4v) is 3.24. The van der Waals surface area contributed by atoms with Gasteiger partial charge in [0.25, 0.3) is 5.56 Å². The molecule has 0 aliphatic rings. The van der Waals surface area contributed by atoms with Crippen LogP contribution in [0.4, 0.5) is 20.3 Å². The molecule has 0 aliphatic heterocycles. The van der Waals surface area contributed by atoms with Gasteiger partial charge in [-0.3, -0.25) is 14.2 Å². The lowest BCUT2D eigenvalue weighted by Crippen LogP contribution is -2.28. The number of nitrogens with two attached hydrogens (primary N) is 1. The SMILES string of the molecule is CNC(=O)Cc1cc(N)c(-n2c(C)cnc(NCCc3cc(F)ccc3F)c2=O)nc1C. The smallest absolute Gasteiger partial charge is 0.299 e. The Balaban J connectivity index is 1.88. The Morgan fingerprint density at radius 2 is 1.94 bits per heavy atom. The highest BCUT2D eigenvalue weighted by Gasteiger charge is 2.16. The summed E-state index contributed by atoms with van der Waals surface area (Å²) in [6, 6.07) is 4.85. The number of amides is 1. The zero-order valence-corrected chi connectivity index (χ0v) is 18.0. The van der Waals surface area contributed by atoms with Crippen LogP contribution in [0, 0.1) is 25.5 Å². The number of aromatic nitrogens is 3. The Hall–Kier alpha value is -3.82. The molecule has 1 aromatic carbocycles. The van der Waals surface area contributed by atoms with Crippen molar-refractivity contribution in [3.63, 3.8) is 0 Å². The van der Waals surface area contributed by atoms with E-state index in [0.29, 0.717) is 17.0 Å². The Morgan fingerprint density at radius 3 is 2.66 bits per heavy atom. The third kappa shape index (κ3) is 4.90. The summed E-state index contributed by atoms with van der Waals surface area (Å²) in [5.74, 6) is -0.978. The van der Waals surface area contributed by atoms with Gasteiger partial charge in [-0.15, -0.1) is 0 Å². The lowest BCUT2D eigenvalue weighted by Gasteiger charge is -2.15. The Labute approximate surface area is 183 Å². The van der Waals surface area contributed by atoms with Gasteiger partial charge in [0.05, 0.1) is 12.1 Å². The van der Waals surface area contributed by atoms with Crippen LogP contribution in [0.25, 0.3) is 5.82 Å². The fraction of sp³-hybridized carbons (Fsp3) is 0.273. The van der Waals surface area contributed by atoms with Crippen molar-refractivity contribution in [3.05, 3.63) is 75.0 Å². The maximum atomic E-state index is 13.8. The van der Waals surface area contributed by atoms with Crippen molar-refractivity contribution in [2.24, 2.45) is 0 Å². The van der Waals surface area contributed by atoms with Gasteiger partial charge in [-0.2, -0.15) is 0 Å². The summed E-state index contributed by atoms with van der Waals surface area (Å²) >= 11 is 0. The average molecular weight is 442 g/mol. The van der Waals surface area contributed by atoms with Crippen molar-refractivity contribution < 1.29 is 13.6 Å². The van der Waals surface area contributed by atoms with Crippen molar-refractivity contribution in [1.29, 1.82) is 0 Å². The van der Waals surface area contributed by atoms with Gasteiger partial charge in [-0.25, -0.2) is 18.7 Å². The van der Waals surface area contributed by atoms with Gasteiger partial charge in [0.1, 0.15) is 11.6 Å².